The quantitative estimate of drug-likeness (QED) is 0.810. The lowest BCUT2D eigenvalue weighted by Crippen LogP contribution is -2.48. The van der Waals surface area contributed by atoms with Gasteiger partial charge < -0.3 is 10.4 Å². The number of amides is 1. The Bertz CT molecular complexity index is 643. The lowest BCUT2D eigenvalue weighted by Gasteiger charge is -2.35. The molecule has 1 aromatic heterocycles. The van der Waals surface area contributed by atoms with Crippen molar-refractivity contribution < 1.29 is 9.90 Å². The van der Waals surface area contributed by atoms with Crippen LogP contribution in [0.2, 0.25) is 0 Å². The largest absolute Gasteiger partial charge is 0.391 e. The van der Waals surface area contributed by atoms with Crippen LogP contribution in [0, 0.1) is 11.8 Å². The van der Waals surface area contributed by atoms with Gasteiger partial charge in [0, 0.05) is 42.9 Å². The van der Waals surface area contributed by atoms with Gasteiger partial charge in [0.05, 0.1) is 12.1 Å². The number of fused-ring (bicyclic) bond motifs is 1. The van der Waals surface area contributed by atoms with Crippen LogP contribution in [0.15, 0.2) is 12.1 Å². The molecule has 3 aliphatic rings. The molecule has 2 N–H and O–H groups in total. The minimum Gasteiger partial charge on any atom is -0.391 e. The van der Waals surface area contributed by atoms with Crippen LogP contribution in [0.1, 0.15) is 48.8 Å². The Labute approximate surface area is 166 Å². The van der Waals surface area contributed by atoms with Crippen molar-refractivity contribution in [3.05, 3.63) is 21.9 Å². The molecule has 27 heavy (non-hydrogen) atoms. The first-order chi connectivity index (χ1) is 13.1. The monoisotopic (exact) mass is 391 g/mol. The van der Waals surface area contributed by atoms with Gasteiger partial charge in [0.1, 0.15) is 0 Å². The molecule has 2 aliphatic heterocycles. The summed E-state index contributed by atoms with van der Waals surface area (Å²) in [4.78, 5) is 19.5. The summed E-state index contributed by atoms with van der Waals surface area (Å²) < 4.78 is 0. The van der Waals surface area contributed by atoms with E-state index in [1.807, 2.05) is 11.3 Å². The summed E-state index contributed by atoms with van der Waals surface area (Å²) in [5.41, 5.74) is 0. The number of nitrogens with zero attached hydrogens (tertiary/aromatic N) is 2. The number of aliphatic hydroxyl groups is 1. The molecule has 1 aliphatic carbocycles. The van der Waals surface area contributed by atoms with Crippen molar-refractivity contribution in [2.45, 2.75) is 64.3 Å². The molecule has 0 unspecified atom stereocenters. The second-order valence-electron chi connectivity index (χ2n) is 8.76. The van der Waals surface area contributed by atoms with E-state index < -0.39 is 6.10 Å². The van der Waals surface area contributed by atoms with Crippen LogP contribution < -0.4 is 5.32 Å². The summed E-state index contributed by atoms with van der Waals surface area (Å²) >= 11 is 1.97. The summed E-state index contributed by atoms with van der Waals surface area (Å²) in [6.07, 6.45) is 5.41. The highest BCUT2D eigenvalue weighted by molar-refractivity contribution is 7.11. The molecule has 1 amide bonds. The van der Waals surface area contributed by atoms with Gasteiger partial charge in [0.25, 0.3) is 0 Å². The van der Waals surface area contributed by atoms with Crippen LogP contribution in [-0.2, 0) is 17.9 Å². The SMILES string of the molecule is CC(=O)N[C@@H]1C[C@@H]2CN(Cc3ccc(CN4CCCCC4)s3)C[C@@H]2C[C@H]1O. The van der Waals surface area contributed by atoms with E-state index in [9.17, 15) is 9.90 Å². The fourth-order valence-electron chi connectivity index (χ4n) is 5.22. The van der Waals surface area contributed by atoms with Crippen LogP contribution in [0.3, 0.4) is 0 Å². The molecule has 4 rings (SSSR count). The van der Waals surface area contributed by atoms with E-state index in [0.29, 0.717) is 11.8 Å². The van der Waals surface area contributed by atoms with Crippen LogP contribution in [-0.4, -0.2) is 59.1 Å². The Morgan fingerprint density at radius 1 is 1.07 bits per heavy atom. The van der Waals surface area contributed by atoms with Gasteiger partial charge in [0.15, 0.2) is 0 Å². The lowest BCUT2D eigenvalue weighted by molar-refractivity contribution is -0.121. The summed E-state index contributed by atoms with van der Waals surface area (Å²) in [7, 11) is 0. The average molecular weight is 392 g/mol. The topological polar surface area (TPSA) is 55.8 Å². The fourth-order valence-corrected chi connectivity index (χ4v) is 6.33. The number of carbonyl (C=O) groups excluding carboxylic acids is 1. The maximum absolute atomic E-state index is 11.4. The van der Waals surface area contributed by atoms with Gasteiger partial charge in [-0.1, -0.05) is 6.42 Å². The average Bonchev–Trinajstić information content (AvgIpc) is 3.22. The number of hydrogen-bond donors (Lipinski definition) is 2. The Balaban J connectivity index is 1.29. The number of aliphatic hydroxyl groups excluding tert-OH is 1. The summed E-state index contributed by atoms with van der Waals surface area (Å²) in [5, 5.41) is 13.3. The molecule has 3 fully saturated rings. The zero-order valence-electron chi connectivity index (χ0n) is 16.4. The van der Waals surface area contributed by atoms with Crippen molar-refractivity contribution in [3.63, 3.8) is 0 Å². The zero-order chi connectivity index (χ0) is 18.8. The number of carbonyl (C=O) groups is 1. The normalized spacial score (nSPS) is 32.4. The molecule has 3 heterocycles. The van der Waals surface area contributed by atoms with Crippen molar-refractivity contribution in [1.29, 1.82) is 0 Å². The number of likely N-dealkylation sites (tertiary alicyclic amines) is 2. The smallest absolute Gasteiger partial charge is 0.217 e. The number of rotatable bonds is 5. The van der Waals surface area contributed by atoms with Crippen LogP contribution in [0.4, 0.5) is 0 Å². The number of thiophene rings is 1. The third kappa shape index (κ3) is 4.91. The van der Waals surface area contributed by atoms with Crippen molar-refractivity contribution in [2.75, 3.05) is 26.2 Å². The number of hydrogen-bond acceptors (Lipinski definition) is 5. The molecular weight excluding hydrogens is 358 g/mol. The standard InChI is InChI=1S/C21H33N3O2S/c1-15(25)22-20-9-16-11-24(12-17(16)10-21(20)26)14-19-6-5-18(27-19)13-23-7-3-2-4-8-23/h5-6,16-17,20-21,26H,2-4,7-14H2,1H3,(H,22,25)/t16-,17+,20-,21-/m1/s1. The molecule has 4 atom stereocenters. The summed E-state index contributed by atoms with van der Waals surface area (Å²) in [6.45, 7) is 8.35. The maximum atomic E-state index is 11.4. The van der Waals surface area contributed by atoms with E-state index in [1.165, 1.54) is 49.0 Å². The van der Waals surface area contributed by atoms with E-state index in [-0.39, 0.29) is 11.9 Å². The van der Waals surface area contributed by atoms with Gasteiger partial charge in [-0.3, -0.25) is 14.6 Å². The van der Waals surface area contributed by atoms with Gasteiger partial charge in [-0.25, -0.2) is 0 Å². The zero-order valence-corrected chi connectivity index (χ0v) is 17.2. The fraction of sp³-hybridized carbons (Fsp3) is 0.762. The van der Waals surface area contributed by atoms with Gasteiger partial charge in [-0.15, -0.1) is 11.3 Å². The van der Waals surface area contributed by atoms with Crippen LogP contribution >= 0.6 is 11.3 Å². The first kappa shape index (κ1) is 19.4. The Morgan fingerprint density at radius 2 is 1.70 bits per heavy atom. The second kappa shape index (κ2) is 8.60. The predicted octanol–water partition coefficient (Wildman–Crippen LogP) is 2.44. The van der Waals surface area contributed by atoms with E-state index >= 15 is 0 Å². The van der Waals surface area contributed by atoms with Crippen LogP contribution in [0.5, 0.6) is 0 Å². The third-order valence-electron chi connectivity index (χ3n) is 6.53. The van der Waals surface area contributed by atoms with E-state index in [4.69, 9.17) is 0 Å². The minimum absolute atomic E-state index is 0.0350. The molecule has 5 nitrogen and oxygen atoms in total. The second-order valence-corrected chi connectivity index (χ2v) is 10.0. The highest BCUT2D eigenvalue weighted by atomic mass is 32.1. The highest BCUT2D eigenvalue weighted by Crippen LogP contribution is 2.37. The lowest BCUT2D eigenvalue weighted by atomic mass is 9.77. The predicted molar refractivity (Wildman–Crippen MR) is 109 cm³/mol. The van der Waals surface area contributed by atoms with E-state index in [2.05, 4.69) is 27.2 Å². The highest BCUT2D eigenvalue weighted by Gasteiger charge is 2.41. The van der Waals surface area contributed by atoms with Crippen molar-refractivity contribution in [2.24, 2.45) is 11.8 Å². The van der Waals surface area contributed by atoms with Crippen molar-refractivity contribution >= 4 is 17.2 Å². The molecule has 1 aromatic rings. The maximum Gasteiger partial charge on any atom is 0.217 e. The van der Waals surface area contributed by atoms with Gasteiger partial charge in [-0.05, 0) is 62.7 Å². The minimum atomic E-state index is -0.395. The molecule has 6 heteroatoms. The summed E-state index contributed by atoms with van der Waals surface area (Å²) in [5.74, 6) is 1.13. The van der Waals surface area contributed by atoms with Gasteiger partial charge in [0.2, 0.25) is 5.91 Å². The van der Waals surface area contributed by atoms with Crippen LogP contribution in [0.25, 0.3) is 0 Å². The van der Waals surface area contributed by atoms with Crippen molar-refractivity contribution in [1.82, 2.24) is 15.1 Å². The summed E-state index contributed by atoms with van der Waals surface area (Å²) in [6, 6.07) is 4.55. The van der Waals surface area contributed by atoms with Crippen molar-refractivity contribution in [3.8, 4) is 0 Å². The number of nitrogens with one attached hydrogen (secondary N) is 1. The molecule has 2 saturated heterocycles. The first-order valence-corrected chi connectivity index (χ1v) is 11.4. The first-order valence-electron chi connectivity index (χ1n) is 10.5. The molecule has 0 aromatic carbocycles. The Hall–Kier alpha value is -0.950. The van der Waals surface area contributed by atoms with Gasteiger partial charge >= 0.3 is 0 Å². The Morgan fingerprint density at radius 3 is 2.37 bits per heavy atom. The molecule has 150 valence electrons. The molecular formula is C21H33N3O2S. The van der Waals surface area contributed by atoms with E-state index in [0.717, 1.165) is 39.0 Å². The molecule has 0 radical (unpaired) electrons. The Kier molecular flexibility index (Phi) is 6.17. The van der Waals surface area contributed by atoms with Gasteiger partial charge in [-0.2, -0.15) is 0 Å². The third-order valence-corrected chi connectivity index (χ3v) is 7.59. The molecule has 0 spiro atoms. The molecule has 0 bridgehead atoms. The van der Waals surface area contributed by atoms with E-state index in [1.54, 1.807) is 0 Å². The number of piperidine rings is 1. The molecule has 1 saturated carbocycles.